The van der Waals surface area contributed by atoms with Gasteiger partial charge >= 0.3 is 0 Å². The molecule has 16 heavy (non-hydrogen) atoms. The van der Waals surface area contributed by atoms with E-state index in [4.69, 9.17) is 10.5 Å². The Labute approximate surface area is 98.1 Å². The van der Waals surface area contributed by atoms with E-state index in [0.717, 1.165) is 0 Å². The molecule has 1 fully saturated rings. The number of rotatable bonds is 4. The molecule has 1 heterocycles. The summed E-state index contributed by atoms with van der Waals surface area (Å²) < 4.78 is 5.30. The maximum absolute atomic E-state index is 12.2. The van der Waals surface area contributed by atoms with Gasteiger partial charge in [-0.1, -0.05) is 20.8 Å². The first-order chi connectivity index (χ1) is 7.29. The number of nitrogens with two attached hydrogens (primary N) is 1. The summed E-state index contributed by atoms with van der Waals surface area (Å²) in [7, 11) is 1.58. The maximum atomic E-state index is 12.2. The largest absolute Gasteiger partial charge is 0.369 e. The third kappa shape index (κ3) is 2.09. The number of likely N-dealkylation sites (tertiary alicyclic amines) is 1. The lowest BCUT2D eigenvalue weighted by Gasteiger charge is -2.52. The van der Waals surface area contributed by atoms with Crippen LogP contribution in [-0.2, 0) is 9.53 Å². The second-order valence-electron chi connectivity index (χ2n) is 5.34. The maximum Gasteiger partial charge on any atom is 0.254 e. The Morgan fingerprint density at radius 1 is 1.56 bits per heavy atom. The van der Waals surface area contributed by atoms with Gasteiger partial charge in [-0.25, -0.2) is 0 Å². The highest BCUT2D eigenvalue weighted by atomic mass is 16.5. The zero-order valence-corrected chi connectivity index (χ0v) is 11.0. The van der Waals surface area contributed by atoms with Gasteiger partial charge in [0.1, 0.15) is 5.60 Å². The topological polar surface area (TPSA) is 55.6 Å². The molecule has 0 aliphatic carbocycles. The van der Waals surface area contributed by atoms with Gasteiger partial charge in [0.05, 0.1) is 5.54 Å². The SMILES string of the molecule is CCC(C)(OC)C(=O)N1CC(N)(C(C)C)C1. The minimum atomic E-state index is -0.696. The summed E-state index contributed by atoms with van der Waals surface area (Å²) in [5, 5.41) is 0. The van der Waals surface area contributed by atoms with Crippen molar-refractivity contribution < 1.29 is 9.53 Å². The number of carbonyl (C=O) groups is 1. The number of hydrogen-bond acceptors (Lipinski definition) is 3. The van der Waals surface area contributed by atoms with Crippen LogP contribution < -0.4 is 5.73 Å². The van der Waals surface area contributed by atoms with Gasteiger partial charge in [-0.05, 0) is 19.3 Å². The lowest BCUT2D eigenvalue weighted by molar-refractivity contribution is -0.162. The molecule has 0 bridgehead atoms. The Morgan fingerprint density at radius 3 is 2.38 bits per heavy atom. The van der Waals surface area contributed by atoms with E-state index in [0.29, 0.717) is 25.4 Å². The minimum Gasteiger partial charge on any atom is -0.369 e. The fourth-order valence-corrected chi connectivity index (χ4v) is 1.89. The molecule has 94 valence electrons. The normalized spacial score (nSPS) is 22.8. The molecular formula is C12H24N2O2. The Kier molecular flexibility index (Phi) is 3.65. The summed E-state index contributed by atoms with van der Waals surface area (Å²) in [5.41, 5.74) is 5.26. The van der Waals surface area contributed by atoms with E-state index in [1.165, 1.54) is 0 Å². The fraction of sp³-hybridized carbons (Fsp3) is 0.917. The smallest absolute Gasteiger partial charge is 0.254 e. The van der Waals surface area contributed by atoms with Crippen molar-refractivity contribution in [3.8, 4) is 0 Å². The molecule has 2 N–H and O–H groups in total. The molecule has 1 atom stereocenters. The molecule has 4 heteroatoms. The van der Waals surface area contributed by atoms with Gasteiger partial charge in [-0.15, -0.1) is 0 Å². The van der Waals surface area contributed by atoms with Gasteiger partial charge in [0, 0.05) is 20.2 Å². The first-order valence-electron chi connectivity index (χ1n) is 5.92. The molecule has 1 aliphatic heterocycles. The number of carbonyl (C=O) groups excluding carboxylic acids is 1. The number of ether oxygens (including phenoxy) is 1. The molecule has 4 nitrogen and oxygen atoms in total. The van der Waals surface area contributed by atoms with E-state index in [1.54, 1.807) is 12.0 Å². The van der Waals surface area contributed by atoms with Crippen LogP contribution in [0, 0.1) is 5.92 Å². The van der Waals surface area contributed by atoms with E-state index in [9.17, 15) is 4.79 Å². The Hall–Kier alpha value is -0.610. The molecule has 0 spiro atoms. The predicted molar refractivity (Wildman–Crippen MR) is 64.0 cm³/mol. The van der Waals surface area contributed by atoms with Crippen molar-refractivity contribution in [2.75, 3.05) is 20.2 Å². The van der Waals surface area contributed by atoms with E-state index in [2.05, 4.69) is 13.8 Å². The van der Waals surface area contributed by atoms with E-state index in [1.807, 2.05) is 13.8 Å². The quantitative estimate of drug-likeness (QED) is 0.781. The van der Waals surface area contributed by atoms with Crippen LogP contribution in [0.25, 0.3) is 0 Å². The second kappa shape index (κ2) is 4.34. The molecule has 1 aliphatic rings. The van der Waals surface area contributed by atoms with E-state index >= 15 is 0 Å². The van der Waals surface area contributed by atoms with Crippen LogP contribution in [0.3, 0.4) is 0 Å². The Morgan fingerprint density at radius 2 is 2.06 bits per heavy atom. The van der Waals surface area contributed by atoms with Crippen LogP contribution in [-0.4, -0.2) is 42.1 Å². The van der Waals surface area contributed by atoms with Crippen LogP contribution in [0.1, 0.15) is 34.1 Å². The summed E-state index contributed by atoms with van der Waals surface area (Å²) in [6, 6.07) is 0. The van der Waals surface area contributed by atoms with E-state index in [-0.39, 0.29) is 11.4 Å². The molecule has 1 rings (SSSR count). The fourth-order valence-electron chi connectivity index (χ4n) is 1.89. The number of hydrogen-bond donors (Lipinski definition) is 1. The summed E-state index contributed by atoms with van der Waals surface area (Å²) in [4.78, 5) is 14.0. The second-order valence-corrected chi connectivity index (χ2v) is 5.34. The summed E-state index contributed by atoms with van der Waals surface area (Å²) in [6.07, 6.45) is 0.679. The summed E-state index contributed by atoms with van der Waals surface area (Å²) >= 11 is 0. The van der Waals surface area contributed by atoms with Gasteiger partial charge < -0.3 is 15.4 Å². The van der Waals surface area contributed by atoms with Gasteiger partial charge in [0.25, 0.3) is 5.91 Å². The molecule has 1 unspecified atom stereocenters. The highest BCUT2D eigenvalue weighted by Crippen LogP contribution is 2.29. The summed E-state index contributed by atoms with van der Waals surface area (Å²) in [5.74, 6) is 0.450. The lowest BCUT2D eigenvalue weighted by Crippen LogP contribution is -2.73. The van der Waals surface area contributed by atoms with Crippen LogP contribution in [0.5, 0.6) is 0 Å². The van der Waals surface area contributed by atoms with Crippen molar-refractivity contribution in [3.63, 3.8) is 0 Å². The molecule has 1 saturated heterocycles. The number of methoxy groups -OCH3 is 1. The molecule has 1 amide bonds. The predicted octanol–water partition coefficient (Wildman–Crippen LogP) is 0.997. The monoisotopic (exact) mass is 228 g/mol. The Balaban J connectivity index is 2.61. The average molecular weight is 228 g/mol. The van der Waals surface area contributed by atoms with Crippen LogP contribution in [0.15, 0.2) is 0 Å². The van der Waals surface area contributed by atoms with Crippen molar-refractivity contribution in [2.45, 2.75) is 45.3 Å². The zero-order chi connectivity index (χ0) is 12.6. The zero-order valence-electron chi connectivity index (χ0n) is 11.0. The first kappa shape index (κ1) is 13.5. The van der Waals surface area contributed by atoms with Crippen molar-refractivity contribution in [1.29, 1.82) is 0 Å². The third-order valence-electron chi connectivity index (χ3n) is 3.99. The van der Waals surface area contributed by atoms with Gasteiger partial charge in [-0.3, -0.25) is 4.79 Å². The third-order valence-corrected chi connectivity index (χ3v) is 3.99. The minimum absolute atomic E-state index is 0.0548. The van der Waals surface area contributed by atoms with Gasteiger partial charge in [-0.2, -0.15) is 0 Å². The van der Waals surface area contributed by atoms with Crippen molar-refractivity contribution >= 4 is 5.91 Å². The van der Waals surface area contributed by atoms with Crippen molar-refractivity contribution in [2.24, 2.45) is 11.7 Å². The number of nitrogens with zero attached hydrogens (tertiary/aromatic N) is 1. The molecule has 0 aromatic rings. The van der Waals surface area contributed by atoms with Crippen LogP contribution in [0.2, 0.25) is 0 Å². The first-order valence-corrected chi connectivity index (χ1v) is 5.92. The average Bonchev–Trinajstić information content (AvgIpc) is 2.22. The highest BCUT2D eigenvalue weighted by Gasteiger charge is 2.48. The molecule has 0 saturated carbocycles. The lowest BCUT2D eigenvalue weighted by atomic mass is 9.79. The standard InChI is InChI=1S/C12H24N2O2/c1-6-11(4,16-5)10(15)14-7-12(13,8-14)9(2)3/h9H,6-8,13H2,1-5H3. The summed E-state index contributed by atoms with van der Waals surface area (Å²) in [6.45, 7) is 9.26. The van der Waals surface area contributed by atoms with Crippen LogP contribution >= 0.6 is 0 Å². The van der Waals surface area contributed by atoms with Gasteiger partial charge in [0.2, 0.25) is 0 Å². The van der Waals surface area contributed by atoms with E-state index < -0.39 is 5.60 Å². The van der Waals surface area contributed by atoms with Crippen molar-refractivity contribution in [3.05, 3.63) is 0 Å². The van der Waals surface area contributed by atoms with Crippen molar-refractivity contribution in [1.82, 2.24) is 4.90 Å². The Bertz CT molecular complexity index is 266. The van der Waals surface area contributed by atoms with Crippen LogP contribution in [0.4, 0.5) is 0 Å². The molecular weight excluding hydrogens is 204 g/mol. The molecule has 0 aromatic heterocycles. The molecule has 0 radical (unpaired) electrons. The molecule has 0 aromatic carbocycles. The highest BCUT2D eigenvalue weighted by molar-refractivity contribution is 5.85. The van der Waals surface area contributed by atoms with Gasteiger partial charge in [0.15, 0.2) is 0 Å². The number of amides is 1.